The van der Waals surface area contributed by atoms with Crippen LogP contribution in [0.1, 0.15) is 45.7 Å². The van der Waals surface area contributed by atoms with Gasteiger partial charge in [-0.05, 0) is 44.5 Å². The molecule has 0 bridgehead atoms. The topological polar surface area (TPSA) is 15.3 Å². The van der Waals surface area contributed by atoms with E-state index in [-0.39, 0.29) is 11.9 Å². The van der Waals surface area contributed by atoms with Gasteiger partial charge in [0.1, 0.15) is 5.82 Å². The molecular formula is C18H31FN2. The minimum absolute atomic E-state index is 0.0673. The molecule has 2 nitrogen and oxygen atoms in total. The maximum Gasteiger partial charge on any atom is 0.127 e. The zero-order valence-corrected chi connectivity index (χ0v) is 14.2. The molecule has 21 heavy (non-hydrogen) atoms. The lowest BCUT2D eigenvalue weighted by Crippen LogP contribution is -2.35. The van der Waals surface area contributed by atoms with E-state index in [4.69, 9.17) is 0 Å². The Labute approximate surface area is 129 Å². The second-order valence-corrected chi connectivity index (χ2v) is 6.48. The lowest BCUT2D eigenvalue weighted by molar-refractivity contribution is 0.236. The van der Waals surface area contributed by atoms with Crippen LogP contribution in [-0.2, 0) is 0 Å². The van der Waals surface area contributed by atoms with Gasteiger partial charge in [-0.1, -0.05) is 45.9 Å². The van der Waals surface area contributed by atoms with Gasteiger partial charge in [0, 0.05) is 18.2 Å². The van der Waals surface area contributed by atoms with Crippen LogP contribution in [0.4, 0.5) is 4.39 Å². The monoisotopic (exact) mass is 294 g/mol. The van der Waals surface area contributed by atoms with Gasteiger partial charge in [0.15, 0.2) is 0 Å². The van der Waals surface area contributed by atoms with Crippen molar-refractivity contribution < 1.29 is 4.39 Å². The third-order valence-corrected chi connectivity index (χ3v) is 3.92. The fourth-order valence-corrected chi connectivity index (χ4v) is 2.73. The second-order valence-electron chi connectivity index (χ2n) is 6.48. The van der Waals surface area contributed by atoms with Gasteiger partial charge >= 0.3 is 0 Å². The van der Waals surface area contributed by atoms with Crippen molar-refractivity contribution in [3.63, 3.8) is 0 Å². The summed E-state index contributed by atoms with van der Waals surface area (Å²) >= 11 is 0. The molecule has 1 aromatic carbocycles. The van der Waals surface area contributed by atoms with E-state index in [0.717, 1.165) is 31.1 Å². The first kappa shape index (κ1) is 18.1. The molecule has 2 unspecified atom stereocenters. The van der Waals surface area contributed by atoms with Crippen LogP contribution in [0.25, 0.3) is 0 Å². The molecule has 2 atom stereocenters. The SMILES string of the molecule is CCNC(c1ccccc1F)C(C)CN(C)CCC(C)C. The molecule has 0 saturated heterocycles. The predicted molar refractivity (Wildman–Crippen MR) is 88.9 cm³/mol. The molecule has 1 aromatic rings. The van der Waals surface area contributed by atoms with Gasteiger partial charge in [-0.3, -0.25) is 0 Å². The van der Waals surface area contributed by atoms with Crippen molar-refractivity contribution in [1.29, 1.82) is 0 Å². The Morgan fingerprint density at radius 3 is 2.43 bits per heavy atom. The fourth-order valence-electron chi connectivity index (χ4n) is 2.73. The molecule has 0 radical (unpaired) electrons. The van der Waals surface area contributed by atoms with E-state index in [1.807, 2.05) is 12.1 Å². The molecular weight excluding hydrogens is 263 g/mol. The summed E-state index contributed by atoms with van der Waals surface area (Å²) in [7, 11) is 2.16. The van der Waals surface area contributed by atoms with E-state index in [9.17, 15) is 4.39 Å². The number of nitrogens with zero attached hydrogens (tertiary/aromatic N) is 1. The smallest absolute Gasteiger partial charge is 0.127 e. The van der Waals surface area contributed by atoms with Crippen LogP contribution in [0, 0.1) is 17.7 Å². The number of benzene rings is 1. The lowest BCUT2D eigenvalue weighted by atomic mass is 9.93. The first-order valence-corrected chi connectivity index (χ1v) is 8.12. The van der Waals surface area contributed by atoms with E-state index in [1.165, 1.54) is 6.42 Å². The van der Waals surface area contributed by atoms with E-state index in [2.05, 4.69) is 45.0 Å². The molecule has 0 aliphatic carbocycles. The summed E-state index contributed by atoms with van der Waals surface area (Å²) in [5.41, 5.74) is 0.782. The van der Waals surface area contributed by atoms with Gasteiger partial charge in [0.05, 0.1) is 0 Å². The summed E-state index contributed by atoms with van der Waals surface area (Å²) in [6.45, 7) is 11.7. The third-order valence-electron chi connectivity index (χ3n) is 3.92. The van der Waals surface area contributed by atoms with Crippen molar-refractivity contribution >= 4 is 0 Å². The highest BCUT2D eigenvalue weighted by atomic mass is 19.1. The van der Waals surface area contributed by atoms with Crippen molar-refractivity contribution in [2.24, 2.45) is 11.8 Å². The van der Waals surface area contributed by atoms with Crippen LogP contribution < -0.4 is 5.32 Å². The lowest BCUT2D eigenvalue weighted by Gasteiger charge is -2.29. The average molecular weight is 294 g/mol. The molecule has 0 amide bonds. The van der Waals surface area contributed by atoms with Gasteiger partial charge in [0.25, 0.3) is 0 Å². The molecule has 0 aliphatic rings. The van der Waals surface area contributed by atoms with E-state index < -0.39 is 0 Å². The van der Waals surface area contributed by atoms with E-state index in [0.29, 0.717) is 5.92 Å². The summed E-state index contributed by atoms with van der Waals surface area (Å²) in [5, 5.41) is 3.44. The maximum atomic E-state index is 14.1. The van der Waals surface area contributed by atoms with Crippen LogP contribution >= 0.6 is 0 Å². The van der Waals surface area contributed by atoms with E-state index in [1.54, 1.807) is 12.1 Å². The Bertz CT molecular complexity index is 406. The van der Waals surface area contributed by atoms with Crippen LogP contribution in [0.15, 0.2) is 24.3 Å². The zero-order valence-electron chi connectivity index (χ0n) is 14.2. The summed E-state index contributed by atoms with van der Waals surface area (Å²) in [6, 6.07) is 7.18. The first-order valence-electron chi connectivity index (χ1n) is 8.12. The number of halogens is 1. The molecule has 0 aromatic heterocycles. The van der Waals surface area contributed by atoms with Crippen LogP contribution in [0.2, 0.25) is 0 Å². The third kappa shape index (κ3) is 6.15. The largest absolute Gasteiger partial charge is 0.310 e. The molecule has 0 saturated carbocycles. The van der Waals surface area contributed by atoms with Crippen molar-refractivity contribution in [3.05, 3.63) is 35.6 Å². The molecule has 120 valence electrons. The van der Waals surface area contributed by atoms with Crippen LogP contribution in [0.5, 0.6) is 0 Å². The van der Waals surface area contributed by atoms with E-state index >= 15 is 0 Å². The maximum absolute atomic E-state index is 14.1. The van der Waals surface area contributed by atoms with Crippen molar-refractivity contribution in [2.45, 2.75) is 40.2 Å². The van der Waals surface area contributed by atoms with Crippen LogP contribution in [0.3, 0.4) is 0 Å². The highest BCUT2D eigenvalue weighted by Gasteiger charge is 2.22. The highest BCUT2D eigenvalue weighted by Crippen LogP contribution is 2.25. The minimum Gasteiger partial charge on any atom is -0.310 e. The van der Waals surface area contributed by atoms with Crippen LogP contribution in [-0.4, -0.2) is 31.6 Å². The predicted octanol–water partition coefficient (Wildman–Crippen LogP) is 4.09. The zero-order chi connectivity index (χ0) is 15.8. The summed E-state index contributed by atoms with van der Waals surface area (Å²) in [4.78, 5) is 2.36. The second kappa shape index (κ2) is 9.16. The normalized spacial score (nSPS) is 14.7. The Kier molecular flexibility index (Phi) is 7.91. The summed E-state index contributed by atoms with van der Waals surface area (Å²) in [6.07, 6.45) is 1.20. The molecule has 1 rings (SSSR count). The van der Waals surface area contributed by atoms with Gasteiger partial charge in [-0.2, -0.15) is 0 Å². The molecule has 0 fully saturated rings. The fraction of sp³-hybridized carbons (Fsp3) is 0.667. The Morgan fingerprint density at radius 1 is 1.19 bits per heavy atom. The molecule has 3 heteroatoms. The first-order chi connectivity index (χ1) is 9.95. The molecule has 0 aliphatic heterocycles. The number of nitrogens with one attached hydrogen (secondary N) is 1. The van der Waals surface area contributed by atoms with Gasteiger partial charge in [0.2, 0.25) is 0 Å². The number of hydrogen-bond acceptors (Lipinski definition) is 2. The average Bonchev–Trinajstić information content (AvgIpc) is 2.43. The van der Waals surface area contributed by atoms with Crippen molar-refractivity contribution in [3.8, 4) is 0 Å². The molecule has 1 N–H and O–H groups in total. The minimum atomic E-state index is -0.111. The quantitative estimate of drug-likeness (QED) is 0.738. The van der Waals surface area contributed by atoms with Gasteiger partial charge in [-0.15, -0.1) is 0 Å². The standard InChI is InChI=1S/C18H31FN2/c1-6-20-18(16-9-7-8-10-17(16)19)15(4)13-21(5)12-11-14(2)3/h7-10,14-15,18,20H,6,11-13H2,1-5H3. The Morgan fingerprint density at radius 2 is 1.86 bits per heavy atom. The summed E-state index contributed by atoms with van der Waals surface area (Å²) in [5.74, 6) is 0.970. The molecule has 0 spiro atoms. The molecule has 0 heterocycles. The summed E-state index contributed by atoms with van der Waals surface area (Å²) < 4.78 is 14.1. The Hall–Kier alpha value is -0.930. The van der Waals surface area contributed by atoms with Crippen molar-refractivity contribution in [2.75, 3.05) is 26.7 Å². The number of rotatable bonds is 9. The van der Waals surface area contributed by atoms with Gasteiger partial charge < -0.3 is 10.2 Å². The van der Waals surface area contributed by atoms with Crippen molar-refractivity contribution in [1.82, 2.24) is 10.2 Å². The number of hydrogen-bond donors (Lipinski definition) is 1. The highest BCUT2D eigenvalue weighted by molar-refractivity contribution is 5.22. The Balaban J connectivity index is 2.70. The van der Waals surface area contributed by atoms with Gasteiger partial charge in [-0.25, -0.2) is 4.39 Å².